The van der Waals surface area contributed by atoms with E-state index in [-0.39, 0.29) is 22.7 Å². The number of carbonyl (C=O) groups excluding carboxylic acids is 1. The fourth-order valence-electron chi connectivity index (χ4n) is 2.98. The van der Waals surface area contributed by atoms with E-state index in [1.165, 1.54) is 37.8 Å². The van der Waals surface area contributed by atoms with Crippen molar-refractivity contribution in [3.63, 3.8) is 0 Å². The number of nitrogens with one attached hydrogen (secondary N) is 2. The molecule has 6 nitrogen and oxygen atoms in total. The van der Waals surface area contributed by atoms with Gasteiger partial charge in [0.2, 0.25) is 0 Å². The molecule has 0 saturated heterocycles. The molecule has 1 aromatic heterocycles. The Balaban J connectivity index is 2.02. The maximum Gasteiger partial charge on any atom is 0.271 e. The molecule has 0 radical (unpaired) electrons. The second-order valence-electron chi connectivity index (χ2n) is 6.02. The summed E-state index contributed by atoms with van der Waals surface area (Å²) in [4.78, 5) is 25.3. The van der Waals surface area contributed by atoms with E-state index in [0.717, 1.165) is 12.8 Å². The molecule has 6 heteroatoms. The van der Waals surface area contributed by atoms with Gasteiger partial charge in [-0.05, 0) is 33.0 Å². The van der Waals surface area contributed by atoms with E-state index < -0.39 is 0 Å². The number of amides is 1. The highest BCUT2D eigenvalue weighted by Gasteiger charge is 2.33. The third kappa shape index (κ3) is 3.91. The lowest BCUT2D eigenvalue weighted by Crippen LogP contribution is -2.52. The van der Waals surface area contributed by atoms with E-state index in [2.05, 4.69) is 34.5 Å². The highest BCUT2D eigenvalue weighted by Crippen LogP contribution is 2.30. The largest absolute Gasteiger partial charge is 0.349 e. The minimum Gasteiger partial charge on any atom is -0.349 e. The van der Waals surface area contributed by atoms with Crippen LogP contribution in [0.4, 0.5) is 0 Å². The molecule has 1 saturated carbocycles. The molecular formula is C15H24N4O2. The molecule has 21 heavy (non-hydrogen) atoms. The van der Waals surface area contributed by atoms with Gasteiger partial charge in [0.15, 0.2) is 0 Å². The van der Waals surface area contributed by atoms with Crippen LogP contribution in [-0.4, -0.2) is 47.2 Å². The second-order valence-corrected chi connectivity index (χ2v) is 6.02. The number of rotatable bonds is 4. The van der Waals surface area contributed by atoms with Gasteiger partial charge in [-0.2, -0.15) is 5.10 Å². The Labute approximate surface area is 124 Å². The lowest BCUT2D eigenvalue weighted by molar-refractivity contribution is 0.0863. The van der Waals surface area contributed by atoms with Crippen LogP contribution in [0.25, 0.3) is 0 Å². The summed E-state index contributed by atoms with van der Waals surface area (Å²) >= 11 is 0. The number of carbonyl (C=O) groups is 1. The van der Waals surface area contributed by atoms with Gasteiger partial charge in [0.05, 0.1) is 0 Å². The lowest BCUT2D eigenvalue weighted by Gasteiger charge is -2.39. The fraction of sp³-hybridized carbons (Fsp3) is 0.667. The number of aromatic amines is 1. The molecule has 1 amide bonds. The Bertz CT molecular complexity index is 510. The Morgan fingerprint density at radius 3 is 2.48 bits per heavy atom. The van der Waals surface area contributed by atoms with Crippen LogP contribution in [0.3, 0.4) is 0 Å². The average Bonchev–Trinajstić information content (AvgIpc) is 2.72. The monoisotopic (exact) mass is 292 g/mol. The molecule has 1 aliphatic rings. The summed E-state index contributed by atoms with van der Waals surface area (Å²) in [7, 11) is 4.16. The van der Waals surface area contributed by atoms with Crippen LogP contribution >= 0.6 is 0 Å². The number of hydrogen-bond donors (Lipinski definition) is 2. The van der Waals surface area contributed by atoms with Gasteiger partial charge in [0.25, 0.3) is 11.5 Å². The van der Waals surface area contributed by atoms with Gasteiger partial charge in [-0.25, -0.2) is 5.10 Å². The quantitative estimate of drug-likeness (QED) is 0.816. The minimum atomic E-state index is -0.305. The number of likely N-dealkylation sites (N-methyl/N-ethyl adjacent to an activating group) is 1. The summed E-state index contributed by atoms with van der Waals surface area (Å²) in [6.45, 7) is 0.611. The van der Waals surface area contributed by atoms with Crippen LogP contribution in [0.2, 0.25) is 0 Å². The van der Waals surface area contributed by atoms with Crippen molar-refractivity contribution >= 4 is 5.91 Å². The predicted molar refractivity (Wildman–Crippen MR) is 81.3 cm³/mol. The van der Waals surface area contributed by atoms with Crippen molar-refractivity contribution in [2.75, 3.05) is 20.6 Å². The van der Waals surface area contributed by atoms with E-state index in [0.29, 0.717) is 6.54 Å². The Morgan fingerprint density at radius 2 is 1.95 bits per heavy atom. The molecule has 1 heterocycles. The first kappa shape index (κ1) is 15.7. The molecule has 116 valence electrons. The zero-order valence-corrected chi connectivity index (χ0v) is 12.8. The van der Waals surface area contributed by atoms with Crippen LogP contribution < -0.4 is 10.9 Å². The molecule has 1 fully saturated rings. The average molecular weight is 292 g/mol. The van der Waals surface area contributed by atoms with E-state index in [4.69, 9.17) is 0 Å². The molecule has 2 N–H and O–H groups in total. The zero-order valence-electron chi connectivity index (χ0n) is 12.8. The lowest BCUT2D eigenvalue weighted by atomic mass is 9.88. The highest BCUT2D eigenvalue weighted by molar-refractivity contribution is 5.92. The van der Waals surface area contributed by atoms with Crippen molar-refractivity contribution in [1.29, 1.82) is 0 Å². The normalized spacial score (nSPS) is 18.2. The van der Waals surface area contributed by atoms with Crippen molar-refractivity contribution in [2.45, 2.75) is 44.1 Å². The summed E-state index contributed by atoms with van der Waals surface area (Å²) in [5, 5.41) is 9.02. The summed E-state index contributed by atoms with van der Waals surface area (Å²) in [5.41, 5.74) is -0.0360. The number of H-pyrrole nitrogens is 1. The SMILES string of the molecule is CN(C)C1(CNC(=O)c2ccc(=O)[nH]n2)CCCCCC1. The third-order valence-corrected chi connectivity index (χ3v) is 4.47. The van der Waals surface area contributed by atoms with Gasteiger partial charge < -0.3 is 10.2 Å². The summed E-state index contributed by atoms with van der Waals surface area (Å²) in [6.07, 6.45) is 7.13. The summed E-state index contributed by atoms with van der Waals surface area (Å²) < 4.78 is 0. The van der Waals surface area contributed by atoms with Crippen molar-refractivity contribution in [2.24, 2.45) is 0 Å². The molecule has 2 rings (SSSR count). The molecule has 0 aromatic carbocycles. The number of aromatic nitrogens is 2. The zero-order chi connectivity index (χ0) is 15.3. The topological polar surface area (TPSA) is 78.1 Å². The minimum absolute atomic E-state index is 0.0222. The maximum atomic E-state index is 12.1. The first-order valence-corrected chi connectivity index (χ1v) is 7.55. The van der Waals surface area contributed by atoms with Gasteiger partial charge in [0, 0.05) is 18.2 Å². The van der Waals surface area contributed by atoms with Crippen LogP contribution in [0.15, 0.2) is 16.9 Å². The van der Waals surface area contributed by atoms with Crippen molar-refractivity contribution < 1.29 is 4.79 Å². The predicted octanol–water partition coefficient (Wildman–Crippen LogP) is 1.15. The summed E-state index contributed by atoms with van der Waals surface area (Å²) in [5.74, 6) is -0.239. The number of hydrogen-bond acceptors (Lipinski definition) is 4. The first-order valence-electron chi connectivity index (χ1n) is 7.55. The van der Waals surface area contributed by atoms with Crippen molar-refractivity contribution in [3.05, 3.63) is 28.2 Å². The van der Waals surface area contributed by atoms with E-state index in [1.807, 2.05) is 0 Å². The number of nitrogens with zero attached hydrogens (tertiary/aromatic N) is 2. The Hall–Kier alpha value is -1.69. The van der Waals surface area contributed by atoms with Gasteiger partial charge in [-0.3, -0.25) is 9.59 Å². The molecule has 1 aliphatic carbocycles. The van der Waals surface area contributed by atoms with Gasteiger partial charge in [0.1, 0.15) is 5.69 Å². The van der Waals surface area contributed by atoms with Crippen LogP contribution in [0.1, 0.15) is 49.0 Å². The molecule has 1 aromatic rings. The highest BCUT2D eigenvalue weighted by atomic mass is 16.2. The summed E-state index contributed by atoms with van der Waals surface area (Å²) in [6, 6.07) is 2.76. The van der Waals surface area contributed by atoms with E-state index in [9.17, 15) is 9.59 Å². The molecule has 0 unspecified atom stereocenters. The molecule has 0 aliphatic heterocycles. The van der Waals surface area contributed by atoms with Gasteiger partial charge in [-0.1, -0.05) is 25.7 Å². The molecule has 0 atom stereocenters. The van der Waals surface area contributed by atoms with Crippen molar-refractivity contribution in [1.82, 2.24) is 20.4 Å². The fourth-order valence-corrected chi connectivity index (χ4v) is 2.98. The van der Waals surface area contributed by atoms with Gasteiger partial charge >= 0.3 is 0 Å². The molecule has 0 spiro atoms. The molecular weight excluding hydrogens is 268 g/mol. The van der Waals surface area contributed by atoms with Crippen LogP contribution in [0, 0.1) is 0 Å². The maximum absolute atomic E-state index is 12.1. The van der Waals surface area contributed by atoms with E-state index >= 15 is 0 Å². The van der Waals surface area contributed by atoms with Gasteiger partial charge in [-0.15, -0.1) is 0 Å². The first-order chi connectivity index (χ1) is 10.0. The van der Waals surface area contributed by atoms with Crippen LogP contribution in [-0.2, 0) is 0 Å². The Morgan fingerprint density at radius 1 is 1.29 bits per heavy atom. The smallest absolute Gasteiger partial charge is 0.271 e. The molecule has 0 bridgehead atoms. The second kappa shape index (κ2) is 6.85. The third-order valence-electron chi connectivity index (χ3n) is 4.47. The van der Waals surface area contributed by atoms with Crippen molar-refractivity contribution in [3.8, 4) is 0 Å². The Kier molecular flexibility index (Phi) is 5.12. The standard InChI is InChI=1S/C15H24N4O2/c1-19(2)15(9-5-3-4-6-10-15)11-16-14(21)12-7-8-13(20)18-17-12/h7-8H,3-6,9-11H2,1-2H3,(H,16,21)(H,18,20). The van der Waals surface area contributed by atoms with Crippen LogP contribution in [0.5, 0.6) is 0 Å². The van der Waals surface area contributed by atoms with E-state index in [1.54, 1.807) is 0 Å².